The maximum absolute atomic E-state index is 11.5. The van der Waals surface area contributed by atoms with E-state index in [4.69, 9.17) is 4.74 Å². The minimum absolute atomic E-state index is 0.255. The molecule has 3 rings (SSSR count). The summed E-state index contributed by atoms with van der Waals surface area (Å²) in [6.45, 7) is 6.91. The molecule has 0 N–H and O–H groups in total. The van der Waals surface area contributed by atoms with Gasteiger partial charge in [-0.1, -0.05) is 36.9 Å². The van der Waals surface area contributed by atoms with Crippen LogP contribution in [0, 0.1) is 5.92 Å². The second kappa shape index (κ2) is 6.02. The first-order valence-electron chi connectivity index (χ1n) is 7.77. The first-order chi connectivity index (χ1) is 10.1. The maximum Gasteiger partial charge on any atom is 0.333 e. The summed E-state index contributed by atoms with van der Waals surface area (Å²) in [6, 6.07) is 12.1. The van der Waals surface area contributed by atoms with Gasteiger partial charge in [-0.3, -0.25) is 4.90 Å². The fraction of sp³-hybridized carbons (Fsp3) is 0.500. The van der Waals surface area contributed by atoms with Crippen LogP contribution in [0.4, 0.5) is 0 Å². The van der Waals surface area contributed by atoms with E-state index in [9.17, 15) is 4.79 Å². The summed E-state index contributed by atoms with van der Waals surface area (Å²) in [5, 5.41) is 0. The van der Waals surface area contributed by atoms with Gasteiger partial charge in [-0.25, -0.2) is 4.79 Å². The second-order valence-electron chi connectivity index (χ2n) is 6.35. The number of nitrogens with zero attached hydrogens (tertiary/aromatic N) is 1. The quantitative estimate of drug-likeness (QED) is 0.473. The Kier molecular flexibility index (Phi) is 4.11. The lowest BCUT2D eigenvalue weighted by Crippen LogP contribution is -2.20. The van der Waals surface area contributed by atoms with Gasteiger partial charge < -0.3 is 4.74 Å². The van der Waals surface area contributed by atoms with Crippen molar-refractivity contribution in [2.24, 2.45) is 5.92 Å². The Labute approximate surface area is 126 Å². The molecule has 0 radical (unpaired) electrons. The number of carbonyl (C=O) groups is 1. The van der Waals surface area contributed by atoms with Crippen molar-refractivity contribution in [1.29, 1.82) is 0 Å². The number of esters is 1. The van der Waals surface area contributed by atoms with Gasteiger partial charge in [-0.15, -0.1) is 0 Å². The standard InChI is InChI=1S/C18H23NO2/c1-13(2)18(20)21-12-15-8-9-16-17(10-15)19(16)11-14-6-4-3-5-7-14/h3-7,15-17H,1,8-12H2,2H3. The Bertz CT molecular complexity index is 525. The molecule has 0 aromatic heterocycles. The third kappa shape index (κ3) is 3.35. The number of ether oxygens (including phenoxy) is 1. The molecule has 0 spiro atoms. The number of benzene rings is 1. The van der Waals surface area contributed by atoms with Crippen molar-refractivity contribution in [3.05, 3.63) is 48.0 Å². The highest BCUT2D eigenvalue weighted by Gasteiger charge is 2.50. The molecule has 1 aliphatic carbocycles. The predicted molar refractivity (Wildman–Crippen MR) is 82.7 cm³/mol. The van der Waals surface area contributed by atoms with E-state index < -0.39 is 0 Å². The van der Waals surface area contributed by atoms with Crippen LogP contribution < -0.4 is 0 Å². The van der Waals surface area contributed by atoms with Crippen molar-refractivity contribution in [1.82, 2.24) is 4.90 Å². The van der Waals surface area contributed by atoms with Gasteiger partial charge in [0.15, 0.2) is 0 Å². The van der Waals surface area contributed by atoms with Gasteiger partial charge in [-0.05, 0) is 37.7 Å². The van der Waals surface area contributed by atoms with Gasteiger partial charge in [0.1, 0.15) is 0 Å². The third-order valence-corrected chi connectivity index (χ3v) is 4.66. The zero-order chi connectivity index (χ0) is 14.8. The molecule has 1 heterocycles. The molecule has 1 saturated carbocycles. The van der Waals surface area contributed by atoms with E-state index in [1.54, 1.807) is 6.92 Å². The molecule has 3 nitrogen and oxygen atoms in total. The maximum atomic E-state index is 11.5. The summed E-state index contributed by atoms with van der Waals surface area (Å²) in [7, 11) is 0. The Balaban J connectivity index is 1.46. The molecule has 1 saturated heterocycles. The smallest absolute Gasteiger partial charge is 0.333 e. The first kappa shape index (κ1) is 14.3. The highest BCUT2D eigenvalue weighted by atomic mass is 16.5. The summed E-state index contributed by atoms with van der Waals surface area (Å²) in [5.74, 6) is 0.254. The van der Waals surface area contributed by atoms with Crippen LogP contribution in [0.15, 0.2) is 42.5 Å². The van der Waals surface area contributed by atoms with Gasteiger partial charge in [0.25, 0.3) is 0 Å². The van der Waals surface area contributed by atoms with Crippen LogP contribution >= 0.6 is 0 Å². The molecule has 21 heavy (non-hydrogen) atoms. The molecule has 2 fully saturated rings. The Morgan fingerprint density at radius 1 is 1.29 bits per heavy atom. The predicted octanol–water partition coefficient (Wildman–Crippen LogP) is 3.16. The topological polar surface area (TPSA) is 29.3 Å². The van der Waals surface area contributed by atoms with E-state index in [0.29, 0.717) is 24.1 Å². The van der Waals surface area contributed by atoms with Gasteiger partial charge >= 0.3 is 5.97 Å². The number of carbonyl (C=O) groups excluding carboxylic acids is 1. The Morgan fingerprint density at radius 2 is 2.05 bits per heavy atom. The van der Waals surface area contributed by atoms with Crippen LogP contribution in [0.5, 0.6) is 0 Å². The van der Waals surface area contributed by atoms with Crippen molar-refractivity contribution in [3.8, 4) is 0 Å². The molecule has 112 valence electrons. The van der Waals surface area contributed by atoms with E-state index in [1.165, 1.54) is 12.0 Å². The second-order valence-corrected chi connectivity index (χ2v) is 6.35. The summed E-state index contributed by atoms with van der Waals surface area (Å²) in [5.41, 5.74) is 1.87. The summed E-state index contributed by atoms with van der Waals surface area (Å²) in [6.07, 6.45) is 3.55. The van der Waals surface area contributed by atoms with Crippen molar-refractivity contribution in [2.45, 2.75) is 44.8 Å². The average Bonchev–Trinajstić information content (AvgIpc) is 3.18. The number of hydrogen-bond donors (Lipinski definition) is 0. The fourth-order valence-corrected chi connectivity index (χ4v) is 3.41. The van der Waals surface area contributed by atoms with Crippen LogP contribution in [0.1, 0.15) is 31.7 Å². The molecule has 4 unspecified atom stereocenters. The molecule has 1 aromatic carbocycles. The van der Waals surface area contributed by atoms with Crippen LogP contribution in [0.25, 0.3) is 0 Å². The third-order valence-electron chi connectivity index (χ3n) is 4.66. The molecule has 2 aliphatic rings. The van der Waals surface area contributed by atoms with Crippen LogP contribution in [0.3, 0.4) is 0 Å². The first-order valence-corrected chi connectivity index (χ1v) is 7.77. The summed E-state index contributed by atoms with van der Waals surface area (Å²) < 4.78 is 5.31. The molecular formula is C18H23NO2. The minimum atomic E-state index is -0.255. The lowest BCUT2D eigenvalue weighted by Gasteiger charge is -2.19. The van der Waals surface area contributed by atoms with Crippen molar-refractivity contribution < 1.29 is 9.53 Å². The normalized spacial score (nSPS) is 30.3. The van der Waals surface area contributed by atoms with E-state index in [1.807, 2.05) is 0 Å². The fourth-order valence-electron chi connectivity index (χ4n) is 3.41. The molecule has 0 amide bonds. The molecule has 1 aliphatic heterocycles. The Morgan fingerprint density at radius 3 is 2.76 bits per heavy atom. The van der Waals surface area contributed by atoms with Gasteiger partial charge in [0, 0.05) is 24.2 Å². The molecule has 3 heteroatoms. The summed E-state index contributed by atoms with van der Waals surface area (Å²) >= 11 is 0. The molecular weight excluding hydrogens is 262 g/mol. The van der Waals surface area contributed by atoms with Crippen LogP contribution in [0.2, 0.25) is 0 Å². The zero-order valence-corrected chi connectivity index (χ0v) is 12.6. The van der Waals surface area contributed by atoms with Crippen LogP contribution in [-0.4, -0.2) is 29.6 Å². The minimum Gasteiger partial charge on any atom is -0.462 e. The van der Waals surface area contributed by atoms with Crippen LogP contribution in [-0.2, 0) is 16.1 Å². The zero-order valence-electron chi connectivity index (χ0n) is 12.6. The molecule has 4 atom stereocenters. The van der Waals surface area contributed by atoms with Gasteiger partial charge in [-0.2, -0.15) is 0 Å². The number of fused-ring (bicyclic) bond motifs is 1. The van der Waals surface area contributed by atoms with E-state index in [-0.39, 0.29) is 5.97 Å². The SMILES string of the molecule is C=C(C)C(=O)OCC1CCC2C(C1)N2Cc1ccccc1. The monoisotopic (exact) mass is 285 g/mol. The Hall–Kier alpha value is -1.61. The number of hydrogen-bond acceptors (Lipinski definition) is 3. The van der Waals surface area contributed by atoms with E-state index >= 15 is 0 Å². The lowest BCUT2D eigenvalue weighted by molar-refractivity contribution is -0.140. The van der Waals surface area contributed by atoms with Crippen molar-refractivity contribution in [2.75, 3.05) is 6.61 Å². The van der Waals surface area contributed by atoms with E-state index in [0.717, 1.165) is 25.4 Å². The highest BCUT2D eigenvalue weighted by Crippen LogP contribution is 2.43. The number of rotatable bonds is 5. The molecule has 1 aromatic rings. The summed E-state index contributed by atoms with van der Waals surface area (Å²) in [4.78, 5) is 14.0. The van der Waals surface area contributed by atoms with E-state index in [2.05, 4.69) is 41.8 Å². The van der Waals surface area contributed by atoms with Gasteiger partial charge in [0.05, 0.1) is 6.61 Å². The lowest BCUT2D eigenvalue weighted by atomic mass is 9.90. The largest absolute Gasteiger partial charge is 0.462 e. The van der Waals surface area contributed by atoms with Gasteiger partial charge in [0.2, 0.25) is 0 Å². The highest BCUT2D eigenvalue weighted by molar-refractivity contribution is 5.86. The average molecular weight is 285 g/mol. The number of likely N-dealkylation sites (tertiary alicyclic amines) is 1. The molecule has 0 bridgehead atoms. The van der Waals surface area contributed by atoms with Crippen molar-refractivity contribution >= 4 is 5.97 Å². The van der Waals surface area contributed by atoms with Crippen molar-refractivity contribution in [3.63, 3.8) is 0 Å².